The van der Waals surface area contributed by atoms with E-state index in [-0.39, 0.29) is 0 Å². The second-order valence-electron chi connectivity index (χ2n) is 5.58. The van der Waals surface area contributed by atoms with Crippen molar-refractivity contribution < 1.29 is 4.74 Å². The van der Waals surface area contributed by atoms with Gasteiger partial charge in [-0.1, -0.05) is 0 Å². The van der Waals surface area contributed by atoms with Gasteiger partial charge in [-0.25, -0.2) is 0 Å². The minimum Gasteiger partial charge on any atom is -0.382 e. The van der Waals surface area contributed by atoms with Crippen LogP contribution in [0.5, 0.6) is 0 Å². The summed E-state index contributed by atoms with van der Waals surface area (Å²) in [6.07, 6.45) is 5.35. The van der Waals surface area contributed by atoms with Gasteiger partial charge in [0.25, 0.3) is 0 Å². The van der Waals surface area contributed by atoms with Gasteiger partial charge in [0.05, 0.1) is 0 Å². The zero-order valence-corrected chi connectivity index (χ0v) is 11.5. The van der Waals surface area contributed by atoms with Crippen LogP contribution in [-0.4, -0.2) is 49.8 Å². The van der Waals surface area contributed by atoms with Crippen LogP contribution in [0.2, 0.25) is 0 Å². The molecule has 2 aliphatic rings. The van der Waals surface area contributed by atoms with Gasteiger partial charge < -0.3 is 10.1 Å². The van der Waals surface area contributed by atoms with Crippen LogP contribution in [0, 0.1) is 5.92 Å². The molecule has 0 aromatic carbocycles. The van der Waals surface area contributed by atoms with Crippen LogP contribution in [0.25, 0.3) is 0 Å². The third-order valence-electron chi connectivity index (χ3n) is 4.15. The normalized spacial score (nSPS) is 31.4. The van der Waals surface area contributed by atoms with E-state index in [0.717, 1.165) is 31.2 Å². The molecule has 3 heteroatoms. The molecule has 1 heterocycles. The minimum atomic E-state index is 0.730. The Hall–Kier alpha value is -0.120. The molecule has 3 nitrogen and oxygen atoms in total. The average molecular weight is 240 g/mol. The van der Waals surface area contributed by atoms with E-state index in [9.17, 15) is 0 Å². The lowest BCUT2D eigenvalue weighted by Crippen LogP contribution is -2.41. The van der Waals surface area contributed by atoms with E-state index in [4.69, 9.17) is 4.74 Å². The summed E-state index contributed by atoms with van der Waals surface area (Å²) in [5.41, 5.74) is 0. The monoisotopic (exact) mass is 240 g/mol. The Morgan fingerprint density at radius 2 is 2.12 bits per heavy atom. The van der Waals surface area contributed by atoms with Crippen molar-refractivity contribution in [3.63, 3.8) is 0 Å². The molecule has 17 heavy (non-hydrogen) atoms. The van der Waals surface area contributed by atoms with Crippen LogP contribution in [0.3, 0.4) is 0 Å². The molecule has 0 aromatic rings. The highest BCUT2D eigenvalue weighted by Gasteiger charge is 2.34. The summed E-state index contributed by atoms with van der Waals surface area (Å²) in [6, 6.07) is 1.49. The van der Waals surface area contributed by atoms with E-state index in [2.05, 4.69) is 24.1 Å². The summed E-state index contributed by atoms with van der Waals surface area (Å²) >= 11 is 0. The Morgan fingerprint density at radius 3 is 2.82 bits per heavy atom. The molecule has 1 saturated carbocycles. The fourth-order valence-corrected chi connectivity index (χ4v) is 2.80. The molecular formula is C14H28N2O. The molecule has 0 radical (unpaired) electrons. The molecule has 100 valence electrons. The topological polar surface area (TPSA) is 24.5 Å². The molecule has 2 rings (SSSR count). The van der Waals surface area contributed by atoms with Crippen molar-refractivity contribution in [3.05, 3.63) is 0 Å². The lowest BCUT2D eigenvalue weighted by molar-refractivity contribution is 0.121. The largest absolute Gasteiger partial charge is 0.382 e. The second-order valence-corrected chi connectivity index (χ2v) is 5.58. The van der Waals surface area contributed by atoms with E-state index in [1.165, 1.54) is 45.3 Å². The third kappa shape index (κ3) is 4.23. The number of ether oxygens (including phenoxy) is 1. The van der Waals surface area contributed by atoms with Crippen LogP contribution in [0.4, 0.5) is 0 Å². The molecule has 2 unspecified atom stereocenters. The number of nitrogens with zero attached hydrogens (tertiary/aromatic N) is 1. The predicted molar refractivity (Wildman–Crippen MR) is 71.3 cm³/mol. The molecular weight excluding hydrogens is 212 g/mol. The van der Waals surface area contributed by atoms with Gasteiger partial charge in [0.15, 0.2) is 0 Å². The van der Waals surface area contributed by atoms with Crippen molar-refractivity contribution in [1.29, 1.82) is 0 Å². The van der Waals surface area contributed by atoms with Gasteiger partial charge in [-0.05, 0) is 52.0 Å². The standard InChI is InChI=1S/C14H28N2O/c1-3-17-10-4-9-16-11-14(13-5-6-13)15-8-7-12(16)2/h12-15H,3-11H2,1-2H3. The fraction of sp³-hybridized carbons (Fsp3) is 1.00. The first kappa shape index (κ1) is 13.3. The van der Waals surface area contributed by atoms with Crippen LogP contribution < -0.4 is 5.32 Å². The highest BCUT2D eigenvalue weighted by Crippen LogP contribution is 2.34. The Kier molecular flexibility index (Phi) is 5.26. The Morgan fingerprint density at radius 1 is 1.29 bits per heavy atom. The molecule has 0 bridgehead atoms. The van der Waals surface area contributed by atoms with Gasteiger partial charge in [-0.15, -0.1) is 0 Å². The van der Waals surface area contributed by atoms with Crippen LogP contribution in [0.15, 0.2) is 0 Å². The summed E-state index contributed by atoms with van der Waals surface area (Å²) in [5, 5.41) is 3.73. The number of nitrogens with one attached hydrogen (secondary N) is 1. The first-order valence-electron chi connectivity index (χ1n) is 7.36. The van der Waals surface area contributed by atoms with E-state index in [1.807, 2.05) is 0 Å². The van der Waals surface area contributed by atoms with Crippen LogP contribution in [0.1, 0.15) is 39.5 Å². The summed E-state index contributed by atoms with van der Waals surface area (Å²) in [5.74, 6) is 0.967. The number of rotatable bonds is 6. The van der Waals surface area contributed by atoms with Gasteiger partial charge in [-0.2, -0.15) is 0 Å². The molecule has 1 aliphatic heterocycles. The molecule has 2 atom stereocenters. The van der Waals surface area contributed by atoms with Crippen molar-refractivity contribution in [2.75, 3.05) is 32.8 Å². The quantitative estimate of drug-likeness (QED) is 0.717. The van der Waals surface area contributed by atoms with Gasteiger partial charge >= 0.3 is 0 Å². The Bertz CT molecular complexity index is 218. The van der Waals surface area contributed by atoms with Crippen molar-refractivity contribution in [2.24, 2.45) is 5.92 Å². The predicted octanol–water partition coefficient (Wildman–Crippen LogP) is 1.88. The second kappa shape index (κ2) is 6.72. The molecule has 0 amide bonds. The summed E-state index contributed by atoms with van der Waals surface area (Å²) in [6.45, 7) is 9.86. The first-order chi connectivity index (χ1) is 8.31. The third-order valence-corrected chi connectivity index (χ3v) is 4.15. The zero-order valence-electron chi connectivity index (χ0n) is 11.5. The Balaban J connectivity index is 1.75. The smallest absolute Gasteiger partial charge is 0.0478 e. The van der Waals surface area contributed by atoms with E-state index >= 15 is 0 Å². The first-order valence-corrected chi connectivity index (χ1v) is 7.36. The summed E-state index contributed by atoms with van der Waals surface area (Å²) in [4.78, 5) is 2.67. The molecule has 2 fully saturated rings. The van der Waals surface area contributed by atoms with Gasteiger partial charge in [0.2, 0.25) is 0 Å². The molecule has 1 saturated heterocycles. The van der Waals surface area contributed by atoms with Crippen LogP contribution >= 0.6 is 0 Å². The Labute approximate surface area is 106 Å². The summed E-state index contributed by atoms with van der Waals surface area (Å²) < 4.78 is 5.44. The highest BCUT2D eigenvalue weighted by atomic mass is 16.5. The van der Waals surface area contributed by atoms with E-state index in [1.54, 1.807) is 0 Å². The maximum absolute atomic E-state index is 5.44. The number of hydrogen-bond donors (Lipinski definition) is 1. The lowest BCUT2D eigenvalue weighted by atomic mass is 10.1. The SMILES string of the molecule is CCOCCCN1CC(C2CC2)NCCC1C. The van der Waals surface area contributed by atoms with Gasteiger partial charge in [0, 0.05) is 38.4 Å². The van der Waals surface area contributed by atoms with Crippen LogP contribution in [-0.2, 0) is 4.74 Å². The highest BCUT2D eigenvalue weighted by molar-refractivity contribution is 4.91. The van der Waals surface area contributed by atoms with Crippen molar-refractivity contribution >= 4 is 0 Å². The minimum absolute atomic E-state index is 0.730. The van der Waals surface area contributed by atoms with Crippen molar-refractivity contribution in [2.45, 2.75) is 51.6 Å². The molecule has 1 aliphatic carbocycles. The lowest BCUT2D eigenvalue weighted by Gasteiger charge is -2.29. The van der Waals surface area contributed by atoms with Gasteiger partial charge in [-0.3, -0.25) is 4.90 Å². The number of hydrogen-bond acceptors (Lipinski definition) is 3. The van der Waals surface area contributed by atoms with Gasteiger partial charge in [0.1, 0.15) is 0 Å². The zero-order chi connectivity index (χ0) is 12.1. The maximum atomic E-state index is 5.44. The summed E-state index contributed by atoms with van der Waals surface area (Å²) in [7, 11) is 0. The fourth-order valence-electron chi connectivity index (χ4n) is 2.80. The maximum Gasteiger partial charge on any atom is 0.0478 e. The van der Waals surface area contributed by atoms with Crippen molar-refractivity contribution in [1.82, 2.24) is 10.2 Å². The molecule has 0 spiro atoms. The van der Waals surface area contributed by atoms with E-state index in [0.29, 0.717) is 0 Å². The molecule has 0 aromatic heterocycles. The molecule has 1 N–H and O–H groups in total. The van der Waals surface area contributed by atoms with E-state index < -0.39 is 0 Å². The van der Waals surface area contributed by atoms with Crippen molar-refractivity contribution in [3.8, 4) is 0 Å². The average Bonchev–Trinajstić information content (AvgIpc) is 3.13.